The minimum absolute atomic E-state index is 0.0525. The van der Waals surface area contributed by atoms with Crippen LogP contribution in [0.2, 0.25) is 0 Å². The molecule has 0 unspecified atom stereocenters. The number of halogens is 2. The van der Waals surface area contributed by atoms with Gasteiger partial charge in [0.25, 0.3) is 0 Å². The highest BCUT2D eigenvalue weighted by molar-refractivity contribution is 7.89. The van der Waals surface area contributed by atoms with Gasteiger partial charge in [-0.2, -0.15) is 18.2 Å². The van der Waals surface area contributed by atoms with Crippen LogP contribution in [0, 0.1) is 18.3 Å². The molecular weight excluding hydrogens is 382 g/mol. The molecule has 2 fully saturated rings. The van der Waals surface area contributed by atoms with Crippen LogP contribution in [-0.4, -0.2) is 73.2 Å². The predicted octanol–water partition coefficient (Wildman–Crippen LogP) is 1.09. The van der Waals surface area contributed by atoms with Crippen molar-refractivity contribution in [1.29, 1.82) is 0 Å². The number of carbonyl (C=O) groups is 1. The average molecular weight is 406 g/mol. The van der Waals surface area contributed by atoms with E-state index in [1.165, 1.54) is 18.2 Å². The normalized spacial score (nSPS) is 26.6. The van der Waals surface area contributed by atoms with Crippen molar-refractivity contribution in [2.45, 2.75) is 31.7 Å². The van der Waals surface area contributed by atoms with Crippen LogP contribution in [0.1, 0.15) is 25.6 Å². The summed E-state index contributed by atoms with van der Waals surface area (Å²) < 4.78 is 59.0. The minimum Gasteiger partial charge on any atom is -0.384 e. The van der Waals surface area contributed by atoms with Gasteiger partial charge in [-0.15, -0.1) is 0 Å². The maximum atomic E-state index is 13.0. The fraction of sp³-hybridized carbons (Fsp3) is 0.750. The SMILES string of the molecule is COC[C@@]12CCN(S(=O)(=O)c3cnn(C(F)F)c3C)C[C@@H]1CN(C(C)=O)C2. The average Bonchev–Trinajstić information content (AvgIpc) is 3.15. The van der Waals surface area contributed by atoms with Gasteiger partial charge in [0.15, 0.2) is 0 Å². The monoisotopic (exact) mass is 406 g/mol. The number of piperidine rings is 1. The van der Waals surface area contributed by atoms with Gasteiger partial charge < -0.3 is 9.64 Å². The van der Waals surface area contributed by atoms with E-state index in [1.54, 1.807) is 12.0 Å². The van der Waals surface area contributed by atoms with Gasteiger partial charge in [0.1, 0.15) is 4.90 Å². The number of carbonyl (C=O) groups excluding carboxylic acids is 1. The van der Waals surface area contributed by atoms with E-state index in [2.05, 4.69) is 5.10 Å². The molecule has 1 amide bonds. The Kier molecular flexibility index (Phi) is 5.30. The van der Waals surface area contributed by atoms with Crippen molar-refractivity contribution in [3.8, 4) is 0 Å². The third kappa shape index (κ3) is 3.36. The molecule has 0 radical (unpaired) electrons. The fourth-order valence-corrected chi connectivity index (χ4v) is 5.86. The molecule has 0 aromatic carbocycles. The van der Waals surface area contributed by atoms with Gasteiger partial charge in [0.2, 0.25) is 15.9 Å². The van der Waals surface area contributed by atoms with E-state index in [0.29, 0.717) is 30.8 Å². The summed E-state index contributed by atoms with van der Waals surface area (Å²) in [4.78, 5) is 13.3. The second-order valence-corrected chi connectivity index (χ2v) is 9.23. The van der Waals surface area contributed by atoms with E-state index in [9.17, 15) is 22.0 Å². The number of hydrogen-bond donors (Lipinski definition) is 0. The van der Waals surface area contributed by atoms with E-state index >= 15 is 0 Å². The summed E-state index contributed by atoms with van der Waals surface area (Å²) in [7, 11) is -2.36. The number of methoxy groups -OCH3 is 1. The molecule has 1 aromatic heterocycles. The Labute approximate surface area is 157 Å². The smallest absolute Gasteiger partial charge is 0.333 e. The highest BCUT2D eigenvalue weighted by atomic mass is 32.2. The number of nitrogens with zero attached hydrogens (tertiary/aromatic N) is 4. The fourth-order valence-electron chi connectivity index (χ4n) is 4.23. The minimum atomic E-state index is -3.95. The van der Waals surface area contributed by atoms with Crippen molar-refractivity contribution in [3.63, 3.8) is 0 Å². The number of alkyl halides is 2. The zero-order chi connectivity index (χ0) is 20.0. The summed E-state index contributed by atoms with van der Waals surface area (Å²) in [6.07, 6.45) is 1.51. The summed E-state index contributed by atoms with van der Waals surface area (Å²) in [5.41, 5.74) is -0.371. The summed E-state index contributed by atoms with van der Waals surface area (Å²) in [5.74, 6) is -0.126. The largest absolute Gasteiger partial charge is 0.384 e. The molecule has 27 heavy (non-hydrogen) atoms. The number of ether oxygens (including phenoxy) is 1. The lowest BCUT2D eigenvalue weighted by Gasteiger charge is -2.42. The van der Waals surface area contributed by atoms with Crippen LogP contribution < -0.4 is 0 Å². The van der Waals surface area contributed by atoms with Crippen molar-refractivity contribution >= 4 is 15.9 Å². The van der Waals surface area contributed by atoms with Gasteiger partial charge in [-0.3, -0.25) is 4.79 Å². The molecule has 0 aliphatic carbocycles. The number of rotatable bonds is 5. The van der Waals surface area contributed by atoms with Crippen LogP contribution in [0.4, 0.5) is 8.78 Å². The Morgan fingerprint density at radius 1 is 1.44 bits per heavy atom. The molecule has 0 saturated carbocycles. The highest BCUT2D eigenvalue weighted by Gasteiger charge is 2.52. The highest BCUT2D eigenvalue weighted by Crippen LogP contribution is 2.44. The van der Waals surface area contributed by atoms with Gasteiger partial charge in [-0.25, -0.2) is 13.1 Å². The van der Waals surface area contributed by atoms with Crippen LogP contribution >= 0.6 is 0 Å². The number of amides is 1. The first-order valence-corrected chi connectivity index (χ1v) is 10.1. The molecule has 152 valence electrons. The van der Waals surface area contributed by atoms with Crippen molar-refractivity contribution in [2.75, 3.05) is 39.9 Å². The Balaban J connectivity index is 1.87. The molecule has 2 aliphatic rings. The Morgan fingerprint density at radius 2 is 2.15 bits per heavy atom. The van der Waals surface area contributed by atoms with E-state index in [-0.39, 0.29) is 40.9 Å². The number of hydrogen-bond acceptors (Lipinski definition) is 5. The van der Waals surface area contributed by atoms with Gasteiger partial charge >= 0.3 is 6.55 Å². The predicted molar refractivity (Wildman–Crippen MR) is 91.6 cm³/mol. The van der Waals surface area contributed by atoms with Crippen LogP contribution in [0.5, 0.6) is 0 Å². The summed E-state index contributed by atoms with van der Waals surface area (Å²) in [6, 6.07) is 0. The number of aromatic nitrogens is 2. The van der Waals surface area contributed by atoms with Crippen LogP contribution in [0.25, 0.3) is 0 Å². The zero-order valence-corrected chi connectivity index (χ0v) is 16.4. The summed E-state index contributed by atoms with van der Waals surface area (Å²) in [6.45, 7) is 1.81. The van der Waals surface area contributed by atoms with Crippen LogP contribution in [0.15, 0.2) is 11.1 Å². The van der Waals surface area contributed by atoms with E-state index < -0.39 is 16.6 Å². The lowest BCUT2D eigenvalue weighted by Crippen LogP contribution is -2.50. The molecule has 0 spiro atoms. The molecule has 2 aliphatic heterocycles. The van der Waals surface area contributed by atoms with Gasteiger partial charge in [-0.05, 0) is 19.3 Å². The van der Waals surface area contributed by atoms with Crippen molar-refractivity contribution in [1.82, 2.24) is 19.0 Å². The molecule has 3 rings (SSSR count). The third-order valence-corrected chi connectivity index (χ3v) is 7.74. The maximum Gasteiger partial charge on any atom is 0.333 e. The molecular formula is C16H24F2N4O4S. The first kappa shape index (κ1) is 20.2. The molecule has 8 nitrogen and oxygen atoms in total. The molecule has 0 bridgehead atoms. The quantitative estimate of drug-likeness (QED) is 0.731. The van der Waals surface area contributed by atoms with Crippen molar-refractivity contribution in [2.24, 2.45) is 11.3 Å². The number of fused-ring (bicyclic) bond motifs is 1. The second-order valence-electron chi connectivity index (χ2n) is 7.32. The van der Waals surface area contributed by atoms with Crippen LogP contribution in [-0.2, 0) is 19.6 Å². The second kappa shape index (κ2) is 7.10. The number of likely N-dealkylation sites (tertiary alicyclic amines) is 1. The molecule has 3 heterocycles. The van der Waals surface area contributed by atoms with E-state index in [4.69, 9.17) is 4.74 Å². The van der Waals surface area contributed by atoms with E-state index in [1.807, 2.05) is 0 Å². The lowest BCUT2D eigenvalue weighted by atomic mass is 9.74. The molecule has 2 atom stereocenters. The lowest BCUT2D eigenvalue weighted by molar-refractivity contribution is -0.128. The van der Waals surface area contributed by atoms with Gasteiger partial charge in [0.05, 0.1) is 18.5 Å². The summed E-state index contributed by atoms with van der Waals surface area (Å²) >= 11 is 0. The van der Waals surface area contributed by atoms with Gasteiger partial charge in [0, 0.05) is 45.6 Å². The standard InChI is InChI=1S/C16H24F2N4O4S/c1-11-14(6-19-22(11)15(17)18)27(24,25)21-5-4-16(10-26-3)9-20(12(2)23)7-13(16)8-21/h6,13,15H,4-5,7-10H2,1-3H3/t13-,16-/m0/s1. The Morgan fingerprint density at radius 3 is 2.70 bits per heavy atom. The molecule has 0 N–H and O–H groups in total. The Hall–Kier alpha value is -1.59. The van der Waals surface area contributed by atoms with Crippen molar-refractivity contribution < 1.29 is 26.7 Å². The number of sulfonamides is 1. The van der Waals surface area contributed by atoms with E-state index in [0.717, 1.165) is 6.20 Å². The first-order chi connectivity index (χ1) is 12.6. The topological polar surface area (TPSA) is 84.7 Å². The van der Waals surface area contributed by atoms with Crippen LogP contribution in [0.3, 0.4) is 0 Å². The molecule has 11 heteroatoms. The molecule has 2 saturated heterocycles. The molecule has 1 aromatic rings. The third-order valence-electron chi connectivity index (χ3n) is 5.78. The Bertz CT molecular complexity index is 828. The maximum absolute atomic E-state index is 13.0. The van der Waals surface area contributed by atoms with Crippen molar-refractivity contribution in [3.05, 3.63) is 11.9 Å². The first-order valence-electron chi connectivity index (χ1n) is 8.69. The van der Waals surface area contributed by atoms with Gasteiger partial charge in [-0.1, -0.05) is 0 Å². The summed E-state index contributed by atoms with van der Waals surface area (Å²) in [5, 5.41) is 3.51. The zero-order valence-electron chi connectivity index (χ0n) is 15.6.